The van der Waals surface area contributed by atoms with E-state index in [1.54, 1.807) is 6.92 Å². The third kappa shape index (κ3) is 3.52. The van der Waals surface area contributed by atoms with Crippen LogP contribution >= 0.6 is 15.9 Å². The van der Waals surface area contributed by atoms with Crippen LogP contribution in [0.25, 0.3) is 0 Å². The van der Waals surface area contributed by atoms with E-state index >= 15 is 0 Å². The molecule has 1 aliphatic heterocycles. The van der Waals surface area contributed by atoms with Gasteiger partial charge >= 0.3 is 0 Å². The molecule has 5 heteroatoms. The van der Waals surface area contributed by atoms with E-state index in [1.165, 1.54) is 0 Å². The molecule has 0 radical (unpaired) electrons. The van der Waals surface area contributed by atoms with E-state index in [0.717, 1.165) is 22.3 Å². The highest BCUT2D eigenvalue weighted by atomic mass is 79.9. The number of aliphatic hydroxyl groups is 2. The van der Waals surface area contributed by atoms with Gasteiger partial charge in [0.25, 0.3) is 0 Å². The minimum atomic E-state index is -0.531. The third-order valence-electron chi connectivity index (χ3n) is 3.47. The summed E-state index contributed by atoms with van der Waals surface area (Å²) in [5.41, 5.74) is 1.55. The van der Waals surface area contributed by atoms with E-state index in [9.17, 15) is 10.2 Å². The average Bonchev–Trinajstić information content (AvgIpc) is 2.36. The highest BCUT2D eigenvalue weighted by molar-refractivity contribution is 9.10. The van der Waals surface area contributed by atoms with Crippen molar-refractivity contribution in [3.63, 3.8) is 0 Å². The van der Waals surface area contributed by atoms with Crippen LogP contribution in [0.15, 0.2) is 22.7 Å². The summed E-state index contributed by atoms with van der Waals surface area (Å²) in [6, 6.07) is 5.87. The summed E-state index contributed by atoms with van der Waals surface area (Å²) in [6.45, 7) is 7.14. The number of hydrogen-bond acceptors (Lipinski definition) is 4. The molecule has 20 heavy (non-hydrogen) atoms. The van der Waals surface area contributed by atoms with Crippen molar-refractivity contribution in [1.29, 1.82) is 0 Å². The quantitative estimate of drug-likeness (QED) is 0.885. The SMILES string of the molecule is CC(O)c1ccc(Br)cc1N1CC(CO)OC(C)(C)C1. The number of benzene rings is 1. The number of halogens is 1. The van der Waals surface area contributed by atoms with Crippen LogP contribution in [0.4, 0.5) is 5.69 Å². The fourth-order valence-corrected chi connectivity index (χ4v) is 3.07. The molecule has 2 unspecified atom stereocenters. The number of rotatable bonds is 3. The second kappa shape index (κ2) is 6.02. The van der Waals surface area contributed by atoms with Crippen molar-refractivity contribution in [2.45, 2.75) is 38.6 Å². The maximum absolute atomic E-state index is 9.96. The Labute approximate surface area is 128 Å². The lowest BCUT2D eigenvalue weighted by Gasteiger charge is -2.44. The van der Waals surface area contributed by atoms with Crippen molar-refractivity contribution in [2.75, 3.05) is 24.6 Å². The maximum atomic E-state index is 9.96. The molecule has 0 aliphatic carbocycles. The van der Waals surface area contributed by atoms with Crippen LogP contribution in [0.1, 0.15) is 32.4 Å². The molecule has 0 aromatic heterocycles. The lowest BCUT2D eigenvalue weighted by Crippen LogP contribution is -2.54. The first-order valence-corrected chi connectivity index (χ1v) is 7.63. The first-order chi connectivity index (χ1) is 9.32. The van der Waals surface area contributed by atoms with Gasteiger partial charge in [0.1, 0.15) is 0 Å². The molecule has 1 aromatic rings. The van der Waals surface area contributed by atoms with E-state index in [-0.39, 0.29) is 18.3 Å². The second-order valence-corrected chi connectivity index (χ2v) is 6.86. The number of nitrogens with zero attached hydrogens (tertiary/aromatic N) is 1. The van der Waals surface area contributed by atoms with Gasteiger partial charge in [-0.05, 0) is 32.9 Å². The molecule has 1 heterocycles. The van der Waals surface area contributed by atoms with Crippen molar-refractivity contribution >= 4 is 21.6 Å². The monoisotopic (exact) mass is 343 g/mol. The molecular formula is C15H22BrNO3. The summed E-state index contributed by atoms with van der Waals surface area (Å²) in [7, 11) is 0. The van der Waals surface area contributed by atoms with Gasteiger partial charge in [-0.2, -0.15) is 0 Å². The van der Waals surface area contributed by atoms with Crippen molar-refractivity contribution < 1.29 is 14.9 Å². The predicted octanol–water partition coefficient (Wildman–Crippen LogP) is 2.48. The highest BCUT2D eigenvalue weighted by Crippen LogP contribution is 2.33. The van der Waals surface area contributed by atoms with E-state index in [2.05, 4.69) is 20.8 Å². The van der Waals surface area contributed by atoms with Crippen LogP contribution in [-0.2, 0) is 4.74 Å². The number of morpholine rings is 1. The maximum Gasteiger partial charge on any atom is 0.0988 e. The van der Waals surface area contributed by atoms with Gasteiger partial charge in [-0.25, -0.2) is 0 Å². The fraction of sp³-hybridized carbons (Fsp3) is 0.600. The number of ether oxygens (including phenoxy) is 1. The van der Waals surface area contributed by atoms with Crippen LogP contribution in [0.3, 0.4) is 0 Å². The van der Waals surface area contributed by atoms with Gasteiger partial charge in [-0.1, -0.05) is 22.0 Å². The van der Waals surface area contributed by atoms with Gasteiger partial charge < -0.3 is 19.8 Å². The molecule has 1 fully saturated rings. The second-order valence-electron chi connectivity index (χ2n) is 5.94. The van der Waals surface area contributed by atoms with E-state index in [4.69, 9.17) is 4.74 Å². The van der Waals surface area contributed by atoms with Crippen LogP contribution in [0.5, 0.6) is 0 Å². The smallest absolute Gasteiger partial charge is 0.0988 e. The Kier molecular flexibility index (Phi) is 4.74. The Bertz CT molecular complexity index is 476. The molecule has 2 N–H and O–H groups in total. The van der Waals surface area contributed by atoms with Crippen LogP contribution in [0.2, 0.25) is 0 Å². The van der Waals surface area contributed by atoms with E-state index < -0.39 is 6.10 Å². The molecule has 0 spiro atoms. The lowest BCUT2D eigenvalue weighted by atomic mass is 10.0. The fourth-order valence-electron chi connectivity index (χ4n) is 2.72. The van der Waals surface area contributed by atoms with Gasteiger partial charge in [0, 0.05) is 28.8 Å². The first-order valence-electron chi connectivity index (χ1n) is 6.83. The highest BCUT2D eigenvalue weighted by Gasteiger charge is 2.34. The number of hydrogen-bond donors (Lipinski definition) is 2. The zero-order valence-corrected chi connectivity index (χ0v) is 13.7. The summed E-state index contributed by atoms with van der Waals surface area (Å²) < 4.78 is 6.81. The summed E-state index contributed by atoms with van der Waals surface area (Å²) in [5, 5.41) is 19.4. The molecule has 0 amide bonds. The van der Waals surface area contributed by atoms with Crippen LogP contribution < -0.4 is 4.90 Å². The zero-order chi connectivity index (χ0) is 14.9. The molecule has 1 aromatic carbocycles. The number of anilines is 1. The molecule has 2 rings (SSSR count). The molecule has 4 nitrogen and oxygen atoms in total. The molecular weight excluding hydrogens is 322 g/mol. The zero-order valence-electron chi connectivity index (χ0n) is 12.1. The Morgan fingerprint density at radius 3 is 2.80 bits per heavy atom. The Morgan fingerprint density at radius 2 is 2.20 bits per heavy atom. The van der Waals surface area contributed by atoms with Crippen molar-refractivity contribution in [3.8, 4) is 0 Å². The van der Waals surface area contributed by atoms with Crippen molar-refractivity contribution in [3.05, 3.63) is 28.2 Å². The van der Waals surface area contributed by atoms with Crippen LogP contribution in [-0.4, -0.2) is 41.6 Å². The van der Waals surface area contributed by atoms with Gasteiger partial charge in [-0.3, -0.25) is 0 Å². The Morgan fingerprint density at radius 1 is 1.50 bits per heavy atom. The average molecular weight is 344 g/mol. The Hall–Kier alpha value is -0.620. The van der Waals surface area contributed by atoms with E-state index in [1.807, 2.05) is 32.0 Å². The van der Waals surface area contributed by atoms with Gasteiger partial charge in [0.2, 0.25) is 0 Å². The summed E-state index contributed by atoms with van der Waals surface area (Å²) >= 11 is 3.48. The normalized spacial score (nSPS) is 23.7. The lowest BCUT2D eigenvalue weighted by molar-refractivity contribution is -0.101. The topological polar surface area (TPSA) is 52.9 Å². The van der Waals surface area contributed by atoms with E-state index in [0.29, 0.717) is 6.54 Å². The minimum Gasteiger partial charge on any atom is -0.394 e. The molecule has 1 saturated heterocycles. The predicted molar refractivity (Wildman–Crippen MR) is 83.0 cm³/mol. The summed E-state index contributed by atoms with van der Waals surface area (Å²) in [4.78, 5) is 2.18. The van der Waals surface area contributed by atoms with Gasteiger partial charge in [0.05, 0.1) is 24.4 Å². The molecule has 112 valence electrons. The standard InChI is InChI=1S/C15H22BrNO3/c1-10(19)13-5-4-11(16)6-14(13)17-7-12(8-18)20-15(2,3)9-17/h4-6,10,12,18-19H,7-9H2,1-3H3. The van der Waals surface area contributed by atoms with Crippen molar-refractivity contribution in [2.24, 2.45) is 0 Å². The van der Waals surface area contributed by atoms with Crippen molar-refractivity contribution in [1.82, 2.24) is 0 Å². The third-order valence-corrected chi connectivity index (χ3v) is 3.96. The number of aliphatic hydroxyl groups excluding tert-OH is 2. The first kappa shape index (κ1) is 15.8. The molecule has 0 saturated carbocycles. The van der Waals surface area contributed by atoms with Gasteiger partial charge in [-0.15, -0.1) is 0 Å². The van der Waals surface area contributed by atoms with Gasteiger partial charge in [0.15, 0.2) is 0 Å². The van der Waals surface area contributed by atoms with Crippen LogP contribution in [0, 0.1) is 0 Å². The largest absolute Gasteiger partial charge is 0.394 e. The molecule has 0 bridgehead atoms. The summed E-state index contributed by atoms with van der Waals surface area (Å²) in [6.07, 6.45) is -0.740. The molecule has 2 atom stereocenters. The Balaban J connectivity index is 2.36. The summed E-state index contributed by atoms with van der Waals surface area (Å²) in [5.74, 6) is 0. The molecule has 1 aliphatic rings. The minimum absolute atomic E-state index is 0.00204.